The molecule has 5 heterocycles. The van der Waals surface area contributed by atoms with Gasteiger partial charge in [0.1, 0.15) is 42.0 Å². The zero-order valence-electron chi connectivity index (χ0n) is 26.9. The molecule has 2 saturated heterocycles. The lowest BCUT2D eigenvalue weighted by Crippen LogP contribution is -2.56. The average molecular weight is 734 g/mol. The molecule has 0 aliphatic carbocycles. The number of nitrogens with zero attached hydrogens (tertiary/aromatic N) is 5. The smallest absolute Gasteiger partial charge is 0.313 e. The molecule has 5 bridgehead atoms. The first-order valence-corrected chi connectivity index (χ1v) is 17.3. The molecule has 0 saturated carbocycles. The second-order valence-corrected chi connectivity index (χ2v) is 13.8. The van der Waals surface area contributed by atoms with Crippen molar-refractivity contribution < 1.29 is 33.8 Å². The first-order valence-electron chi connectivity index (χ1n) is 16.5. The predicted molar refractivity (Wildman–Crippen MR) is 179 cm³/mol. The molecule has 7 atom stereocenters. The van der Waals surface area contributed by atoms with E-state index in [4.69, 9.17) is 9.47 Å². The van der Waals surface area contributed by atoms with Crippen molar-refractivity contribution in [2.75, 3.05) is 19.7 Å². The minimum Gasteiger partial charge on any atom is -0.455 e. The molecule has 0 radical (unpaired) electrons. The molecule has 14 heteroatoms. The highest BCUT2D eigenvalue weighted by Gasteiger charge is 2.75. The lowest BCUT2D eigenvalue weighted by molar-refractivity contribution is -0.161. The van der Waals surface area contributed by atoms with Gasteiger partial charge in [-0.05, 0) is 43.5 Å². The summed E-state index contributed by atoms with van der Waals surface area (Å²) < 4.78 is 15.0. The number of cyclic esters (lactones) is 1. The first-order chi connectivity index (χ1) is 23.7. The Balaban J connectivity index is 1.31. The number of ether oxygens (including phenoxy) is 2. The van der Waals surface area contributed by atoms with Gasteiger partial charge in [-0.2, -0.15) is 0 Å². The number of hydrogen-bond donors (Lipinski definition) is 2. The van der Waals surface area contributed by atoms with E-state index in [9.17, 15) is 24.3 Å². The van der Waals surface area contributed by atoms with E-state index in [1.54, 1.807) is 22.6 Å². The van der Waals surface area contributed by atoms with Gasteiger partial charge in [-0.15, -0.1) is 5.10 Å². The fourth-order valence-electron chi connectivity index (χ4n) is 7.56. The molecule has 3 amide bonds. The lowest BCUT2D eigenvalue weighted by Gasteiger charge is -2.35. The number of para-hydroxylation sites is 1. The summed E-state index contributed by atoms with van der Waals surface area (Å²) in [7, 11) is 0. The standard InChI is InChI=1S/C35H37BrN6O7/c1-21-29(22-11-4-2-5-12-22)48-34(47)27-28-32(45)41(17-10-18-43)31(35(28)19-23(36)30(27)49-35)33(46)40(16-9-3-6-15-26(44)37-21)20-42-25-14-8-7-13-24(25)38-39-42/h2-5,7-9,11-14,19,21,27-31,43H,6,10,15-18,20H2,1H3,(H,37,44)/b9-3-/t21-,27+,28-,29+,30+,31+,35-/m1/s1. The molecule has 1 aromatic heterocycles. The van der Waals surface area contributed by atoms with Gasteiger partial charge in [0.25, 0.3) is 5.91 Å². The quantitative estimate of drug-likeness (QED) is 0.287. The normalized spacial score (nSPS) is 31.1. The van der Waals surface area contributed by atoms with Crippen LogP contribution in [0.15, 0.2) is 77.3 Å². The Hall–Kier alpha value is -4.40. The maximum atomic E-state index is 14.9. The number of hydrogen-bond acceptors (Lipinski definition) is 9. The van der Waals surface area contributed by atoms with Gasteiger partial charge < -0.3 is 29.7 Å². The van der Waals surface area contributed by atoms with Crippen molar-refractivity contribution in [1.82, 2.24) is 30.1 Å². The molecule has 4 aliphatic heterocycles. The molecule has 49 heavy (non-hydrogen) atoms. The number of aliphatic hydroxyl groups is 1. The summed E-state index contributed by atoms with van der Waals surface area (Å²) in [6.45, 7) is 1.81. The van der Waals surface area contributed by atoms with Gasteiger partial charge >= 0.3 is 5.97 Å². The third-order valence-corrected chi connectivity index (χ3v) is 10.5. The summed E-state index contributed by atoms with van der Waals surface area (Å²) in [5.74, 6) is -3.85. The monoisotopic (exact) mass is 732 g/mol. The summed E-state index contributed by atoms with van der Waals surface area (Å²) in [6.07, 6.45) is 4.51. The van der Waals surface area contributed by atoms with E-state index in [2.05, 4.69) is 31.6 Å². The molecule has 2 aromatic carbocycles. The van der Waals surface area contributed by atoms with Gasteiger partial charge in [0, 0.05) is 30.6 Å². The van der Waals surface area contributed by atoms with Crippen LogP contribution in [0.1, 0.15) is 37.9 Å². The fraction of sp³-hybridized carbons (Fsp3) is 0.429. The summed E-state index contributed by atoms with van der Waals surface area (Å²) >= 11 is 3.58. The minimum absolute atomic E-state index is 0.0134. The molecule has 4 aliphatic rings. The number of aliphatic hydroxyl groups excluding tert-OH is 1. The van der Waals surface area contributed by atoms with E-state index >= 15 is 0 Å². The van der Waals surface area contributed by atoms with Crippen LogP contribution >= 0.6 is 15.9 Å². The number of rotatable bonds is 6. The summed E-state index contributed by atoms with van der Waals surface area (Å²) in [4.78, 5) is 59.7. The molecule has 3 aromatic rings. The number of fused-ring (bicyclic) bond motifs is 3. The van der Waals surface area contributed by atoms with E-state index in [-0.39, 0.29) is 45.1 Å². The molecule has 0 unspecified atom stereocenters. The molecular weight excluding hydrogens is 696 g/mol. The molecule has 2 N–H and O–H groups in total. The second kappa shape index (κ2) is 13.5. The van der Waals surface area contributed by atoms with Crippen molar-refractivity contribution in [3.05, 3.63) is 82.9 Å². The number of likely N-dealkylation sites (tertiary alicyclic amines) is 1. The van der Waals surface area contributed by atoms with Gasteiger partial charge in [-0.1, -0.05) is 75.8 Å². The van der Waals surface area contributed by atoms with Crippen LogP contribution in [0.3, 0.4) is 0 Å². The van der Waals surface area contributed by atoms with E-state index < -0.39 is 59.5 Å². The number of esters is 1. The van der Waals surface area contributed by atoms with Gasteiger partial charge in [0.15, 0.2) is 0 Å². The maximum absolute atomic E-state index is 14.9. The van der Waals surface area contributed by atoms with E-state index in [1.165, 1.54) is 4.90 Å². The van der Waals surface area contributed by atoms with E-state index in [0.29, 0.717) is 22.0 Å². The fourth-order valence-corrected chi connectivity index (χ4v) is 8.30. The molecule has 1 spiro atoms. The summed E-state index contributed by atoms with van der Waals surface area (Å²) in [5, 5.41) is 21.3. The number of carbonyl (C=O) groups excluding carboxylic acids is 4. The van der Waals surface area contributed by atoms with Crippen LogP contribution in [-0.4, -0.2) is 97.1 Å². The molecular formula is C35H37BrN6O7. The average Bonchev–Trinajstić information content (AvgIpc) is 3.82. The Morgan fingerprint density at radius 2 is 1.80 bits per heavy atom. The lowest BCUT2D eigenvalue weighted by atomic mass is 9.74. The summed E-state index contributed by atoms with van der Waals surface area (Å²) in [6, 6.07) is 14.8. The van der Waals surface area contributed by atoms with Crippen LogP contribution in [0.5, 0.6) is 0 Å². The third kappa shape index (κ3) is 5.85. The second-order valence-electron chi connectivity index (χ2n) is 12.9. The Morgan fingerprint density at radius 3 is 2.59 bits per heavy atom. The van der Waals surface area contributed by atoms with Gasteiger partial charge in [0.2, 0.25) is 11.8 Å². The van der Waals surface area contributed by atoms with Crippen molar-refractivity contribution in [2.45, 2.75) is 62.7 Å². The van der Waals surface area contributed by atoms with Crippen molar-refractivity contribution in [2.24, 2.45) is 11.8 Å². The van der Waals surface area contributed by atoms with Crippen LogP contribution < -0.4 is 5.32 Å². The third-order valence-electron chi connectivity index (χ3n) is 9.77. The van der Waals surface area contributed by atoms with Crippen molar-refractivity contribution in [3.63, 3.8) is 0 Å². The van der Waals surface area contributed by atoms with Gasteiger partial charge in [0.05, 0.1) is 17.5 Å². The number of halogens is 1. The highest BCUT2D eigenvalue weighted by molar-refractivity contribution is 9.11. The maximum Gasteiger partial charge on any atom is 0.313 e. The zero-order valence-corrected chi connectivity index (χ0v) is 28.4. The van der Waals surface area contributed by atoms with Crippen LogP contribution in [0.4, 0.5) is 0 Å². The minimum atomic E-state index is -1.47. The predicted octanol–water partition coefficient (Wildman–Crippen LogP) is 2.61. The van der Waals surface area contributed by atoms with Crippen LogP contribution in [0, 0.1) is 11.8 Å². The van der Waals surface area contributed by atoms with Crippen molar-refractivity contribution in [1.29, 1.82) is 0 Å². The molecule has 256 valence electrons. The first kappa shape index (κ1) is 33.1. The number of amides is 3. The zero-order chi connectivity index (χ0) is 34.3. The van der Waals surface area contributed by atoms with E-state index in [1.807, 2.05) is 66.7 Å². The molecule has 13 nitrogen and oxygen atoms in total. The van der Waals surface area contributed by atoms with Gasteiger partial charge in [-0.25, -0.2) is 4.68 Å². The topological polar surface area (TPSA) is 156 Å². The Morgan fingerprint density at radius 1 is 1.02 bits per heavy atom. The number of nitrogens with one attached hydrogen (secondary N) is 1. The molecule has 2 fully saturated rings. The van der Waals surface area contributed by atoms with Gasteiger partial charge in [-0.3, -0.25) is 19.2 Å². The van der Waals surface area contributed by atoms with Crippen LogP contribution in [0.2, 0.25) is 0 Å². The number of allylic oxidation sites excluding steroid dienone is 1. The highest BCUT2D eigenvalue weighted by atomic mass is 79.9. The van der Waals surface area contributed by atoms with Crippen LogP contribution in [0.25, 0.3) is 11.0 Å². The van der Waals surface area contributed by atoms with Crippen molar-refractivity contribution in [3.8, 4) is 0 Å². The summed E-state index contributed by atoms with van der Waals surface area (Å²) in [5.41, 5.74) is 0.594. The largest absolute Gasteiger partial charge is 0.455 e. The van der Waals surface area contributed by atoms with E-state index in [0.717, 1.165) is 5.52 Å². The highest BCUT2D eigenvalue weighted by Crippen LogP contribution is 2.59. The Bertz CT molecular complexity index is 1830. The Labute approximate surface area is 291 Å². The number of aromatic nitrogens is 3. The number of carbonyl (C=O) groups is 4. The molecule has 7 rings (SSSR count). The SMILES string of the molecule is C[C@H]1NC(=O)CC/C=C\CN(Cn2nnc3ccccc32)C(=O)[C@@H]2N(CCCO)C(=O)[C@H]3[C@H](C(=O)O[C@@H]1c1ccccc1)[C@H]1O[C@@]23C=C1Br. The van der Waals surface area contributed by atoms with Crippen LogP contribution in [-0.2, 0) is 35.3 Å². The number of benzene rings is 2. The Kier molecular flexibility index (Phi) is 9.11. The van der Waals surface area contributed by atoms with Crippen molar-refractivity contribution >= 4 is 50.7 Å².